The molecule has 2 rings (SSSR count). The quantitative estimate of drug-likeness (QED) is 0.645. The van der Waals surface area contributed by atoms with Crippen LogP contribution < -0.4 is 0 Å². The van der Waals surface area contributed by atoms with E-state index >= 15 is 0 Å². The topological polar surface area (TPSA) is 52.9 Å². The van der Waals surface area contributed by atoms with Crippen molar-refractivity contribution in [1.82, 2.24) is 4.90 Å². The van der Waals surface area contributed by atoms with E-state index in [1.807, 2.05) is 6.92 Å². The molecule has 0 aliphatic carbocycles. The molecule has 1 aliphatic rings. The predicted molar refractivity (Wildman–Crippen MR) is 82.7 cm³/mol. The molecule has 1 aromatic carbocycles. The zero-order chi connectivity index (χ0) is 14.7. The van der Waals surface area contributed by atoms with Crippen LogP contribution in [-0.2, 0) is 0 Å². The molecular formula is C14H16BrClN2O2. The maximum atomic E-state index is 12.5. The summed E-state index contributed by atoms with van der Waals surface area (Å²) >= 11 is 9.46. The smallest absolute Gasteiger partial charge is 0.255 e. The van der Waals surface area contributed by atoms with Gasteiger partial charge in [-0.2, -0.15) is 0 Å². The summed E-state index contributed by atoms with van der Waals surface area (Å²) in [5, 5.41) is 12.8. The molecule has 1 aromatic rings. The third kappa shape index (κ3) is 3.15. The Kier molecular flexibility index (Phi) is 5.05. The van der Waals surface area contributed by atoms with Gasteiger partial charge in [-0.1, -0.05) is 39.6 Å². The van der Waals surface area contributed by atoms with Crippen LogP contribution in [0.15, 0.2) is 27.8 Å². The van der Waals surface area contributed by atoms with Gasteiger partial charge >= 0.3 is 0 Å². The van der Waals surface area contributed by atoms with E-state index in [-0.39, 0.29) is 11.8 Å². The maximum Gasteiger partial charge on any atom is 0.255 e. The lowest BCUT2D eigenvalue weighted by Crippen LogP contribution is -2.44. The van der Waals surface area contributed by atoms with Gasteiger partial charge in [0, 0.05) is 29.9 Å². The van der Waals surface area contributed by atoms with Crippen molar-refractivity contribution in [3.8, 4) is 0 Å². The average molecular weight is 360 g/mol. The molecule has 1 saturated heterocycles. The van der Waals surface area contributed by atoms with Crippen molar-refractivity contribution < 1.29 is 10.0 Å². The zero-order valence-electron chi connectivity index (χ0n) is 11.1. The highest BCUT2D eigenvalue weighted by atomic mass is 79.9. The zero-order valence-corrected chi connectivity index (χ0v) is 13.5. The molecule has 1 aliphatic heterocycles. The lowest BCUT2D eigenvalue weighted by Gasteiger charge is -2.33. The molecule has 1 fully saturated rings. The Morgan fingerprint density at radius 3 is 2.95 bits per heavy atom. The van der Waals surface area contributed by atoms with Crippen molar-refractivity contribution in [2.45, 2.75) is 19.8 Å². The number of carbonyl (C=O) groups excluding carboxylic acids is 1. The van der Waals surface area contributed by atoms with Crippen molar-refractivity contribution in [1.29, 1.82) is 0 Å². The van der Waals surface area contributed by atoms with Crippen LogP contribution in [-0.4, -0.2) is 34.8 Å². The van der Waals surface area contributed by atoms with Crippen molar-refractivity contribution >= 4 is 39.1 Å². The molecule has 4 nitrogen and oxygen atoms in total. The van der Waals surface area contributed by atoms with Gasteiger partial charge in [0.15, 0.2) is 0 Å². The Bertz CT molecular complexity index is 548. The van der Waals surface area contributed by atoms with Gasteiger partial charge in [0.2, 0.25) is 0 Å². The van der Waals surface area contributed by atoms with Crippen LogP contribution in [0, 0.1) is 5.92 Å². The van der Waals surface area contributed by atoms with Crippen molar-refractivity contribution in [2.75, 3.05) is 13.1 Å². The highest BCUT2D eigenvalue weighted by Crippen LogP contribution is 2.25. The van der Waals surface area contributed by atoms with Crippen LogP contribution in [0.4, 0.5) is 0 Å². The predicted octanol–water partition coefficient (Wildman–Crippen LogP) is 3.80. The Hall–Kier alpha value is -1.07. The van der Waals surface area contributed by atoms with Crippen molar-refractivity contribution in [3.63, 3.8) is 0 Å². The van der Waals surface area contributed by atoms with Gasteiger partial charge < -0.3 is 10.1 Å². The summed E-state index contributed by atoms with van der Waals surface area (Å²) < 4.78 is 0.846. The molecule has 1 N–H and O–H groups in total. The van der Waals surface area contributed by atoms with Gasteiger partial charge in [-0.25, -0.2) is 0 Å². The Labute approximate surface area is 131 Å². The Balaban J connectivity index is 2.18. The third-order valence-electron chi connectivity index (χ3n) is 3.62. The second kappa shape index (κ2) is 6.59. The van der Waals surface area contributed by atoms with Gasteiger partial charge in [-0.3, -0.25) is 4.79 Å². The highest BCUT2D eigenvalue weighted by molar-refractivity contribution is 9.10. The molecule has 1 unspecified atom stereocenters. The van der Waals surface area contributed by atoms with Gasteiger partial charge in [0.25, 0.3) is 5.91 Å². The first-order valence-corrected chi connectivity index (χ1v) is 7.69. The van der Waals surface area contributed by atoms with E-state index in [9.17, 15) is 4.79 Å². The Morgan fingerprint density at radius 1 is 1.60 bits per heavy atom. The second-order valence-electron chi connectivity index (χ2n) is 4.82. The lowest BCUT2D eigenvalue weighted by atomic mass is 9.93. The van der Waals surface area contributed by atoms with E-state index in [1.54, 1.807) is 23.1 Å². The summed E-state index contributed by atoms with van der Waals surface area (Å²) in [5.41, 5.74) is 1.28. The van der Waals surface area contributed by atoms with E-state index in [0.717, 1.165) is 16.6 Å². The fourth-order valence-electron chi connectivity index (χ4n) is 2.43. The molecule has 1 atom stereocenters. The minimum atomic E-state index is -0.0714. The minimum Gasteiger partial charge on any atom is -0.411 e. The van der Waals surface area contributed by atoms with Gasteiger partial charge in [0.1, 0.15) is 0 Å². The normalized spacial score (nSPS) is 21.2. The summed E-state index contributed by atoms with van der Waals surface area (Å²) in [4.78, 5) is 14.3. The Morgan fingerprint density at radius 2 is 2.35 bits per heavy atom. The van der Waals surface area contributed by atoms with Crippen molar-refractivity contribution in [3.05, 3.63) is 33.3 Å². The van der Waals surface area contributed by atoms with Crippen molar-refractivity contribution in [2.24, 2.45) is 11.1 Å². The number of nitrogens with zero attached hydrogens (tertiary/aromatic N) is 2. The summed E-state index contributed by atoms with van der Waals surface area (Å²) in [6, 6.07) is 5.25. The molecule has 6 heteroatoms. The summed E-state index contributed by atoms with van der Waals surface area (Å²) in [6.07, 6.45) is 1.45. The fraction of sp³-hybridized carbons (Fsp3) is 0.429. The first-order chi connectivity index (χ1) is 9.56. The molecule has 0 spiro atoms. The molecule has 108 valence electrons. The largest absolute Gasteiger partial charge is 0.411 e. The number of hydrogen-bond donors (Lipinski definition) is 1. The SMILES string of the molecule is CCC1CN(C(=O)c2ccc(Br)cc2Cl)CC/C1=N\O. The molecular weight excluding hydrogens is 344 g/mol. The van der Waals surface area contributed by atoms with Gasteiger partial charge in [-0.05, 0) is 24.6 Å². The van der Waals surface area contributed by atoms with Crippen LogP contribution in [0.2, 0.25) is 5.02 Å². The molecule has 0 saturated carbocycles. The number of benzene rings is 1. The van der Waals surface area contributed by atoms with Crippen LogP contribution in [0.1, 0.15) is 30.1 Å². The number of halogens is 2. The monoisotopic (exact) mass is 358 g/mol. The number of rotatable bonds is 2. The van der Waals surface area contributed by atoms with E-state index in [0.29, 0.717) is 30.1 Å². The molecule has 0 aromatic heterocycles. The second-order valence-corrected chi connectivity index (χ2v) is 6.14. The van der Waals surface area contributed by atoms with E-state index < -0.39 is 0 Å². The molecule has 1 amide bonds. The number of carbonyl (C=O) groups is 1. The van der Waals surface area contributed by atoms with Crippen LogP contribution >= 0.6 is 27.5 Å². The van der Waals surface area contributed by atoms with Crippen LogP contribution in [0.3, 0.4) is 0 Å². The number of amides is 1. The molecule has 0 radical (unpaired) electrons. The first kappa shape index (κ1) is 15.3. The van der Waals surface area contributed by atoms with E-state index in [1.165, 1.54) is 0 Å². The number of hydrogen-bond acceptors (Lipinski definition) is 3. The molecule has 20 heavy (non-hydrogen) atoms. The maximum absolute atomic E-state index is 12.5. The summed E-state index contributed by atoms with van der Waals surface area (Å²) in [7, 11) is 0. The summed E-state index contributed by atoms with van der Waals surface area (Å²) in [6.45, 7) is 3.15. The van der Waals surface area contributed by atoms with E-state index in [4.69, 9.17) is 16.8 Å². The highest BCUT2D eigenvalue weighted by Gasteiger charge is 2.29. The van der Waals surface area contributed by atoms with Gasteiger partial charge in [-0.15, -0.1) is 0 Å². The molecule has 0 bridgehead atoms. The number of likely N-dealkylation sites (tertiary alicyclic amines) is 1. The lowest BCUT2D eigenvalue weighted by molar-refractivity contribution is 0.0729. The first-order valence-electron chi connectivity index (χ1n) is 6.52. The van der Waals surface area contributed by atoms with Crippen LogP contribution in [0.25, 0.3) is 0 Å². The standard InChI is InChI=1S/C14H16BrClN2O2/c1-2-9-8-18(6-5-13(9)17-20)14(19)11-4-3-10(15)7-12(11)16/h3-4,7,9,20H,2,5-6,8H2,1H3/b17-13+. The minimum absolute atomic E-state index is 0.0714. The van der Waals surface area contributed by atoms with Gasteiger partial charge in [0.05, 0.1) is 16.3 Å². The summed E-state index contributed by atoms with van der Waals surface area (Å²) in [5.74, 6) is 0.0462. The van der Waals surface area contributed by atoms with E-state index in [2.05, 4.69) is 21.1 Å². The molecule has 1 heterocycles. The number of piperidine rings is 1. The van der Waals surface area contributed by atoms with Crippen LogP contribution in [0.5, 0.6) is 0 Å². The average Bonchev–Trinajstić information content (AvgIpc) is 2.45. The third-order valence-corrected chi connectivity index (χ3v) is 4.43. The number of oxime groups is 1. The fourth-order valence-corrected chi connectivity index (χ4v) is 3.18.